The number of amides is 1. The number of likely N-dealkylation sites (N-methyl/N-ethyl adjacent to an activating group) is 1. The van der Waals surface area contributed by atoms with Gasteiger partial charge in [0.2, 0.25) is 5.91 Å². The molecule has 1 aliphatic rings. The largest absolute Gasteiger partial charge is 0.478 e. The van der Waals surface area contributed by atoms with Gasteiger partial charge in [0.25, 0.3) is 0 Å². The zero-order valence-corrected chi connectivity index (χ0v) is 10.8. The van der Waals surface area contributed by atoms with Crippen molar-refractivity contribution in [1.29, 1.82) is 0 Å². The van der Waals surface area contributed by atoms with Crippen molar-refractivity contribution in [3.63, 3.8) is 0 Å². The summed E-state index contributed by atoms with van der Waals surface area (Å²) in [5.74, 6) is -1.03. The Kier molecular flexibility index (Phi) is 3.59. The third-order valence-corrected chi connectivity index (χ3v) is 3.27. The van der Waals surface area contributed by atoms with Crippen LogP contribution in [0, 0.1) is 0 Å². The molecule has 6 heteroatoms. The van der Waals surface area contributed by atoms with Crippen LogP contribution in [0.3, 0.4) is 0 Å². The normalized spacial score (nSPS) is 16.4. The summed E-state index contributed by atoms with van der Waals surface area (Å²) in [5, 5.41) is 9.21. The number of nitrogen functional groups attached to an aromatic ring is 1. The second-order valence-corrected chi connectivity index (χ2v) is 4.67. The molecule has 0 saturated carbocycles. The number of anilines is 2. The van der Waals surface area contributed by atoms with Gasteiger partial charge in [-0.2, -0.15) is 0 Å². The van der Waals surface area contributed by atoms with Gasteiger partial charge >= 0.3 is 5.97 Å². The molecule has 0 aromatic heterocycles. The van der Waals surface area contributed by atoms with Gasteiger partial charge in [0, 0.05) is 25.8 Å². The van der Waals surface area contributed by atoms with Crippen molar-refractivity contribution in [2.24, 2.45) is 0 Å². The minimum absolute atomic E-state index is 0.0173. The third kappa shape index (κ3) is 2.78. The van der Waals surface area contributed by atoms with Gasteiger partial charge in [-0.15, -0.1) is 0 Å². The predicted octanol–water partition coefficient (Wildman–Crippen LogP) is 0.635. The molecule has 1 saturated heterocycles. The fraction of sp³-hybridized carbons (Fsp3) is 0.385. The van der Waals surface area contributed by atoms with Crippen LogP contribution in [0.5, 0.6) is 0 Å². The van der Waals surface area contributed by atoms with E-state index in [1.54, 1.807) is 29.0 Å². The van der Waals surface area contributed by atoms with Crippen molar-refractivity contribution in [2.75, 3.05) is 37.3 Å². The molecule has 0 bridgehead atoms. The summed E-state index contributed by atoms with van der Waals surface area (Å²) in [6.07, 6.45) is 0.802. The molecule has 0 radical (unpaired) electrons. The van der Waals surface area contributed by atoms with Crippen molar-refractivity contribution < 1.29 is 14.7 Å². The molecule has 1 amide bonds. The molecule has 0 atom stereocenters. The lowest BCUT2D eigenvalue weighted by molar-refractivity contribution is -0.127. The molecule has 1 aromatic rings. The zero-order chi connectivity index (χ0) is 14.0. The Bertz CT molecular complexity index is 516. The van der Waals surface area contributed by atoms with E-state index in [1.807, 2.05) is 0 Å². The summed E-state index contributed by atoms with van der Waals surface area (Å²) in [6.45, 7) is 1.50. The van der Waals surface area contributed by atoms with Gasteiger partial charge < -0.3 is 20.6 Å². The molecule has 1 aromatic carbocycles. The molecule has 1 aliphatic heterocycles. The minimum Gasteiger partial charge on any atom is -0.478 e. The summed E-state index contributed by atoms with van der Waals surface area (Å²) in [5.41, 5.74) is 6.89. The van der Waals surface area contributed by atoms with E-state index < -0.39 is 5.97 Å². The van der Waals surface area contributed by atoms with E-state index in [0.717, 1.165) is 6.42 Å². The molecule has 6 nitrogen and oxygen atoms in total. The number of benzene rings is 1. The Morgan fingerprint density at radius 2 is 2.11 bits per heavy atom. The first-order valence-corrected chi connectivity index (χ1v) is 6.11. The van der Waals surface area contributed by atoms with Gasteiger partial charge in [0.1, 0.15) is 0 Å². The Hall–Kier alpha value is -2.24. The lowest BCUT2D eigenvalue weighted by Gasteiger charge is -2.23. The molecule has 1 fully saturated rings. The highest BCUT2D eigenvalue weighted by Gasteiger charge is 2.22. The second kappa shape index (κ2) is 5.17. The quantitative estimate of drug-likeness (QED) is 0.764. The number of carboxylic acid groups (broad SMARTS) is 1. The predicted molar refractivity (Wildman–Crippen MR) is 72.3 cm³/mol. The van der Waals surface area contributed by atoms with Crippen LogP contribution in [0.4, 0.5) is 11.4 Å². The van der Waals surface area contributed by atoms with Crippen molar-refractivity contribution in [3.8, 4) is 0 Å². The highest BCUT2D eigenvalue weighted by Crippen LogP contribution is 2.25. The van der Waals surface area contributed by atoms with E-state index >= 15 is 0 Å². The Labute approximate surface area is 111 Å². The Morgan fingerprint density at radius 1 is 1.37 bits per heavy atom. The van der Waals surface area contributed by atoms with Crippen LogP contribution >= 0.6 is 0 Å². The minimum atomic E-state index is -1.01. The van der Waals surface area contributed by atoms with Gasteiger partial charge in [-0.25, -0.2) is 4.79 Å². The van der Waals surface area contributed by atoms with Crippen LogP contribution < -0.4 is 10.6 Å². The monoisotopic (exact) mass is 263 g/mol. The van der Waals surface area contributed by atoms with E-state index in [1.165, 1.54) is 6.07 Å². The zero-order valence-electron chi connectivity index (χ0n) is 10.8. The summed E-state index contributed by atoms with van der Waals surface area (Å²) < 4.78 is 0. The van der Waals surface area contributed by atoms with Crippen LogP contribution in [0.25, 0.3) is 0 Å². The molecular formula is C13H17N3O3. The van der Waals surface area contributed by atoms with Crippen molar-refractivity contribution in [2.45, 2.75) is 6.42 Å². The Morgan fingerprint density at radius 3 is 2.79 bits per heavy atom. The maximum Gasteiger partial charge on any atom is 0.337 e. The van der Waals surface area contributed by atoms with E-state index in [4.69, 9.17) is 5.73 Å². The van der Waals surface area contributed by atoms with Gasteiger partial charge in [-0.3, -0.25) is 4.79 Å². The number of hydrogen-bond acceptors (Lipinski definition) is 4. The lowest BCUT2D eigenvalue weighted by atomic mass is 10.1. The molecule has 2 rings (SSSR count). The number of carboxylic acids is 1. The maximum atomic E-state index is 11.9. The molecule has 19 heavy (non-hydrogen) atoms. The van der Waals surface area contributed by atoms with Gasteiger partial charge in [0.05, 0.1) is 17.8 Å². The van der Waals surface area contributed by atoms with Crippen LogP contribution in [0.1, 0.15) is 16.8 Å². The average Bonchev–Trinajstić information content (AvgIpc) is 2.51. The van der Waals surface area contributed by atoms with Crippen LogP contribution in [0.2, 0.25) is 0 Å². The third-order valence-electron chi connectivity index (χ3n) is 3.27. The van der Waals surface area contributed by atoms with E-state index in [2.05, 4.69) is 0 Å². The molecule has 0 unspecified atom stereocenters. The molecule has 3 N–H and O–H groups in total. The summed E-state index contributed by atoms with van der Waals surface area (Å²) in [7, 11) is 1.75. The maximum absolute atomic E-state index is 11.9. The van der Waals surface area contributed by atoms with Crippen molar-refractivity contribution >= 4 is 23.3 Å². The average molecular weight is 263 g/mol. The van der Waals surface area contributed by atoms with Gasteiger partial charge in [0.15, 0.2) is 0 Å². The number of carbonyl (C=O) groups is 2. The lowest BCUT2D eigenvalue weighted by Crippen LogP contribution is -2.35. The number of carbonyl (C=O) groups excluding carboxylic acids is 1. The van der Waals surface area contributed by atoms with Crippen LogP contribution in [0.15, 0.2) is 18.2 Å². The standard InChI is InChI=1S/C13H17N3O3/c1-15-5-2-6-16(8-12(15)17)11-7-9(14)3-4-10(11)13(18)19/h3-4,7H,2,5-6,8,14H2,1H3,(H,18,19). The first kappa shape index (κ1) is 13.2. The molecular weight excluding hydrogens is 246 g/mol. The smallest absolute Gasteiger partial charge is 0.337 e. The summed E-state index contributed by atoms with van der Waals surface area (Å²) >= 11 is 0. The van der Waals surface area contributed by atoms with Crippen LogP contribution in [-0.2, 0) is 4.79 Å². The van der Waals surface area contributed by atoms with E-state index in [0.29, 0.717) is 24.5 Å². The highest BCUT2D eigenvalue weighted by atomic mass is 16.4. The van der Waals surface area contributed by atoms with E-state index in [9.17, 15) is 14.7 Å². The number of nitrogens with two attached hydrogens (primary N) is 1. The first-order valence-electron chi connectivity index (χ1n) is 6.11. The van der Waals surface area contributed by atoms with Crippen molar-refractivity contribution in [3.05, 3.63) is 23.8 Å². The Balaban J connectivity index is 2.37. The number of hydrogen-bond donors (Lipinski definition) is 2. The SMILES string of the molecule is CN1CCCN(c2cc(N)ccc2C(=O)O)CC1=O. The van der Waals surface area contributed by atoms with E-state index in [-0.39, 0.29) is 18.0 Å². The fourth-order valence-corrected chi connectivity index (χ4v) is 2.18. The molecule has 0 aliphatic carbocycles. The number of rotatable bonds is 2. The topological polar surface area (TPSA) is 86.9 Å². The summed E-state index contributed by atoms with van der Waals surface area (Å²) in [4.78, 5) is 26.6. The van der Waals surface area contributed by atoms with Crippen LogP contribution in [-0.4, -0.2) is 48.6 Å². The number of aromatic carboxylic acids is 1. The second-order valence-electron chi connectivity index (χ2n) is 4.67. The van der Waals surface area contributed by atoms with Gasteiger partial charge in [-0.1, -0.05) is 0 Å². The fourth-order valence-electron chi connectivity index (χ4n) is 2.18. The summed E-state index contributed by atoms with van der Waals surface area (Å²) in [6, 6.07) is 4.65. The van der Waals surface area contributed by atoms with Gasteiger partial charge in [-0.05, 0) is 24.6 Å². The van der Waals surface area contributed by atoms with Crippen molar-refractivity contribution in [1.82, 2.24) is 4.90 Å². The first-order chi connectivity index (χ1) is 8.99. The molecule has 0 spiro atoms. The molecule has 1 heterocycles. The number of nitrogens with zero attached hydrogens (tertiary/aromatic N) is 2. The molecule has 102 valence electrons. The highest BCUT2D eigenvalue weighted by molar-refractivity contribution is 5.96.